The minimum absolute atomic E-state index is 0.835. The lowest BCUT2D eigenvalue weighted by Crippen LogP contribution is -2.36. The molecule has 0 spiro atoms. The molecular weight excluding hydrogens is 174 g/mol. The Morgan fingerprint density at radius 3 is 2.71 bits per heavy atom. The molecule has 0 aliphatic carbocycles. The normalized spacial score (nSPS) is 16.0. The SMILES string of the molecule is CCC1=CN(CCCCC(C)C)NN1. The van der Waals surface area contributed by atoms with Crippen molar-refractivity contribution in [3.63, 3.8) is 0 Å². The standard InChI is InChI=1S/C11H23N3/c1-4-11-9-14(13-12-11)8-6-5-7-10(2)3/h9-10,12-13H,4-8H2,1-3H3. The maximum absolute atomic E-state index is 3.14. The van der Waals surface area contributed by atoms with Gasteiger partial charge in [-0.3, -0.25) is 5.01 Å². The molecule has 0 unspecified atom stereocenters. The lowest BCUT2D eigenvalue weighted by molar-refractivity contribution is 0.262. The molecule has 2 N–H and O–H groups in total. The highest BCUT2D eigenvalue weighted by Gasteiger charge is 2.07. The van der Waals surface area contributed by atoms with Gasteiger partial charge in [-0.2, -0.15) is 0 Å². The number of nitrogens with zero attached hydrogens (tertiary/aromatic N) is 1. The Kier molecular flexibility index (Phi) is 4.80. The number of allylic oxidation sites excluding steroid dienone is 1. The molecule has 0 saturated carbocycles. The highest BCUT2D eigenvalue weighted by molar-refractivity contribution is 5.00. The molecule has 0 saturated heterocycles. The monoisotopic (exact) mass is 197 g/mol. The van der Waals surface area contributed by atoms with Gasteiger partial charge >= 0.3 is 0 Å². The predicted molar refractivity (Wildman–Crippen MR) is 60.0 cm³/mol. The van der Waals surface area contributed by atoms with E-state index in [9.17, 15) is 0 Å². The van der Waals surface area contributed by atoms with Crippen molar-refractivity contribution >= 4 is 0 Å². The lowest BCUT2D eigenvalue weighted by atomic mass is 10.1. The molecule has 1 heterocycles. The highest BCUT2D eigenvalue weighted by Crippen LogP contribution is 2.08. The van der Waals surface area contributed by atoms with Crippen LogP contribution in [-0.4, -0.2) is 11.6 Å². The molecule has 3 heteroatoms. The fraction of sp³-hybridized carbons (Fsp3) is 0.818. The van der Waals surface area contributed by atoms with E-state index in [1.165, 1.54) is 25.0 Å². The van der Waals surface area contributed by atoms with Gasteiger partial charge in [-0.1, -0.05) is 33.6 Å². The summed E-state index contributed by atoms with van der Waals surface area (Å²) in [4.78, 5) is 0. The first-order chi connectivity index (χ1) is 6.72. The first kappa shape index (κ1) is 11.4. The number of hydrogen-bond donors (Lipinski definition) is 2. The van der Waals surface area contributed by atoms with Gasteiger partial charge in [0, 0.05) is 18.4 Å². The molecule has 0 amide bonds. The first-order valence-electron chi connectivity index (χ1n) is 5.71. The summed E-state index contributed by atoms with van der Waals surface area (Å²) < 4.78 is 0. The molecule has 1 aliphatic rings. The van der Waals surface area contributed by atoms with Gasteiger partial charge < -0.3 is 5.43 Å². The van der Waals surface area contributed by atoms with E-state index in [4.69, 9.17) is 0 Å². The number of unbranched alkanes of at least 4 members (excludes halogenated alkanes) is 1. The molecule has 1 rings (SSSR count). The molecule has 82 valence electrons. The Morgan fingerprint density at radius 2 is 2.14 bits per heavy atom. The lowest BCUT2D eigenvalue weighted by Gasteiger charge is -2.15. The Morgan fingerprint density at radius 1 is 1.36 bits per heavy atom. The molecular formula is C11H23N3. The maximum Gasteiger partial charge on any atom is 0.0450 e. The molecule has 3 nitrogen and oxygen atoms in total. The summed E-state index contributed by atoms with van der Waals surface area (Å²) in [6.45, 7) is 7.82. The van der Waals surface area contributed by atoms with E-state index in [1.54, 1.807) is 0 Å². The second kappa shape index (κ2) is 5.91. The second-order valence-electron chi connectivity index (χ2n) is 4.33. The van der Waals surface area contributed by atoms with Crippen molar-refractivity contribution in [3.8, 4) is 0 Å². The summed E-state index contributed by atoms with van der Waals surface area (Å²) in [5, 5.41) is 2.14. The quantitative estimate of drug-likeness (QED) is 0.640. The predicted octanol–water partition coefficient (Wildman–Crippen LogP) is 2.39. The van der Waals surface area contributed by atoms with Crippen molar-refractivity contribution < 1.29 is 0 Å². The van der Waals surface area contributed by atoms with Gasteiger partial charge in [-0.25, -0.2) is 0 Å². The topological polar surface area (TPSA) is 27.3 Å². The van der Waals surface area contributed by atoms with Gasteiger partial charge in [0.2, 0.25) is 0 Å². The van der Waals surface area contributed by atoms with Gasteiger partial charge in [0.05, 0.1) is 0 Å². The second-order valence-corrected chi connectivity index (χ2v) is 4.33. The van der Waals surface area contributed by atoms with E-state index >= 15 is 0 Å². The maximum atomic E-state index is 3.14. The Balaban J connectivity index is 2.05. The van der Waals surface area contributed by atoms with Crippen LogP contribution in [0.1, 0.15) is 46.5 Å². The van der Waals surface area contributed by atoms with Crippen LogP contribution in [0, 0.1) is 5.92 Å². The third-order valence-corrected chi connectivity index (χ3v) is 2.48. The zero-order chi connectivity index (χ0) is 10.4. The van der Waals surface area contributed by atoms with Crippen molar-refractivity contribution in [3.05, 3.63) is 11.9 Å². The van der Waals surface area contributed by atoms with Crippen molar-refractivity contribution in [2.24, 2.45) is 5.92 Å². The fourth-order valence-electron chi connectivity index (χ4n) is 1.53. The molecule has 0 aromatic rings. The van der Waals surface area contributed by atoms with Crippen molar-refractivity contribution in [2.75, 3.05) is 6.54 Å². The number of hydrazine groups is 2. The van der Waals surface area contributed by atoms with Crippen LogP contribution in [0.25, 0.3) is 0 Å². The molecule has 0 aromatic carbocycles. The minimum atomic E-state index is 0.835. The van der Waals surface area contributed by atoms with Crippen LogP contribution in [-0.2, 0) is 0 Å². The van der Waals surface area contributed by atoms with Gasteiger partial charge in [0.1, 0.15) is 0 Å². The fourth-order valence-corrected chi connectivity index (χ4v) is 1.53. The first-order valence-corrected chi connectivity index (χ1v) is 5.71. The zero-order valence-electron chi connectivity index (χ0n) is 9.64. The van der Waals surface area contributed by atoms with Crippen LogP contribution in [0.5, 0.6) is 0 Å². The summed E-state index contributed by atoms with van der Waals surface area (Å²) in [7, 11) is 0. The number of hydrogen-bond acceptors (Lipinski definition) is 3. The molecule has 0 aromatic heterocycles. The van der Waals surface area contributed by atoms with Crippen LogP contribution >= 0.6 is 0 Å². The van der Waals surface area contributed by atoms with E-state index < -0.39 is 0 Å². The van der Waals surface area contributed by atoms with Crippen LogP contribution in [0.4, 0.5) is 0 Å². The van der Waals surface area contributed by atoms with E-state index in [1.807, 2.05) is 0 Å². The average molecular weight is 197 g/mol. The van der Waals surface area contributed by atoms with E-state index in [0.717, 1.165) is 18.9 Å². The molecule has 1 aliphatic heterocycles. The number of nitrogens with one attached hydrogen (secondary N) is 2. The van der Waals surface area contributed by atoms with Crippen LogP contribution in [0.2, 0.25) is 0 Å². The smallest absolute Gasteiger partial charge is 0.0450 e. The van der Waals surface area contributed by atoms with Crippen LogP contribution in [0.15, 0.2) is 11.9 Å². The van der Waals surface area contributed by atoms with Crippen molar-refractivity contribution in [1.29, 1.82) is 0 Å². The van der Waals surface area contributed by atoms with E-state index in [0.29, 0.717) is 0 Å². The molecule has 0 atom stereocenters. The van der Waals surface area contributed by atoms with Gasteiger partial charge in [-0.05, 0) is 18.8 Å². The molecule has 0 radical (unpaired) electrons. The Bertz CT molecular complexity index is 187. The third-order valence-electron chi connectivity index (χ3n) is 2.48. The largest absolute Gasteiger partial charge is 0.306 e. The van der Waals surface area contributed by atoms with E-state index in [2.05, 4.69) is 42.9 Å². The summed E-state index contributed by atoms with van der Waals surface area (Å²) in [6, 6.07) is 0. The van der Waals surface area contributed by atoms with Crippen LogP contribution < -0.4 is 11.0 Å². The third kappa shape index (κ3) is 4.01. The summed E-state index contributed by atoms with van der Waals surface area (Å²) in [5.74, 6) is 0.835. The van der Waals surface area contributed by atoms with Gasteiger partial charge in [0.25, 0.3) is 0 Å². The highest BCUT2D eigenvalue weighted by atomic mass is 15.7. The Labute approximate surface area is 87.5 Å². The molecule has 0 fully saturated rings. The Hall–Kier alpha value is -0.700. The zero-order valence-corrected chi connectivity index (χ0v) is 9.64. The van der Waals surface area contributed by atoms with E-state index in [-0.39, 0.29) is 0 Å². The van der Waals surface area contributed by atoms with Crippen molar-refractivity contribution in [2.45, 2.75) is 46.5 Å². The van der Waals surface area contributed by atoms with Gasteiger partial charge in [0.15, 0.2) is 0 Å². The number of rotatable bonds is 6. The minimum Gasteiger partial charge on any atom is -0.306 e. The average Bonchev–Trinajstić information content (AvgIpc) is 2.60. The van der Waals surface area contributed by atoms with Crippen molar-refractivity contribution in [1.82, 2.24) is 16.0 Å². The summed E-state index contributed by atoms with van der Waals surface area (Å²) >= 11 is 0. The van der Waals surface area contributed by atoms with Gasteiger partial charge in [-0.15, -0.1) is 5.53 Å². The van der Waals surface area contributed by atoms with Crippen LogP contribution in [0.3, 0.4) is 0 Å². The summed E-state index contributed by atoms with van der Waals surface area (Å²) in [5.41, 5.74) is 7.55. The summed E-state index contributed by atoms with van der Waals surface area (Å²) in [6.07, 6.45) is 7.15. The molecule has 0 bridgehead atoms. The molecule has 14 heavy (non-hydrogen) atoms.